The van der Waals surface area contributed by atoms with Gasteiger partial charge in [0.2, 0.25) is 0 Å². The Balaban J connectivity index is 2.39. The van der Waals surface area contributed by atoms with Gasteiger partial charge in [0.05, 0.1) is 5.56 Å². The maximum atomic E-state index is 10.9. The van der Waals surface area contributed by atoms with E-state index in [0.717, 1.165) is 18.4 Å². The van der Waals surface area contributed by atoms with Crippen molar-refractivity contribution in [2.45, 2.75) is 24.8 Å². The van der Waals surface area contributed by atoms with Crippen LogP contribution in [0.2, 0.25) is 0 Å². The number of carboxylic acid groups (broad SMARTS) is 1. The number of hydrogen-bond donors (Lipinski definition) is 1. The molecule has 1 aliphatic rings. The molecule has 0 unspecified atom stereocenters. The molecule has 0 aromatic heterocycles. The Hall–Kier alpha value is -1.35. The summed E-state index contributed by atoms with van der Waals surface area (Å²) in [5.41, 5.74) is 1.57. The molecule has 16 heavy (non-hydrogen) atoms. The average molecular weight is 219 g/mol. The summed E-state index contributed by atoms with van der Waals surface area (Å²) < 4.78 is 0. The molecule has 0 atom stereocenters. The van der Waals surface area contributed by atoms with E-state index in [1.165, 1.54) is 6.42 Å². The highest BCUT2D eigenvalue weighted by Crippen LogP contribution is 2.45. The Kier molecular flexibility index (Phi) is 2.72. The molecule has 0 saturated heterocycles. The summed E-state index contributed by atoms with van der Waals surface area (Å²) >= 11 is 0. The zero-order chi connectivity index (χ0) is 11.8. The molecule has 0 bridgehead atoms. The third kappa shape index (κ3) is 1.61. The summed E-state index contributed by atoms with van der Waals surface area (Å²) in [5.74, 6) is -0.852. The summed E-state index contributed by atoms with van der Waals surface area (Å²) in [6.07, 6.45) is 3.45. The van der Waals surface area contributed by atoms with Crippen LogP contribution in [0.15, 0.2) is 24.3 Å². The summed E-state index contributed by atoms with van der Waals surface area (Å²) in [7, 11) is 4.12. The fraction of sp³-hybridized carbons (Fsp3) is 0.462. The van der Waals surface area contributed by atoms with Crippen LogP contribution in [0.1, 0.15) is 35.2 Å². The monoisotopic (exact) mass is 219 g/mol. The van der Waals surface area contributed by atoms with E-state index in [9.17, 15) is 4.79 Å². The smallest absolute Gasteiger partial charge is 0.335 e. The Morgan fingerprint density at radius 1 is 1.38 bits per heavy atom. The molecule has 1 saturated carbocycles. The Morgan fingerprint density at radius 3 is 2.50 bits per heavy atom. The highest BCUT2D eigenvalue weighted by atomic mass is 16.4. The maximum absolute atomic E-state index is 10.9. The zero-order valence-corrected chi connectivity index (χ0v) is 9.73. The highest BCUT2D eigenvalue weighted by Gasteiger charge is 2.40. The Labute approximate surface area is 95.7 Å². The van der Waals surface area contributed by atoms with E-state index in [-0.39, 0.29) is 5.54 Å². The van der Waals surface area contributed by atoms with Crippen LogP contribution in [-0.2, 0) is 5.54 Å². The molecule has 0 amide bonds. The fourth-order valence-electron chi connectivity index (χ4n) is 2.45. The molecule has 0 radical (unpaired) electrons. The summed E-state index contributed by atoms with van der Waals surface area (Å²) in [4.78, 5) is 13.1. The van der Waals surface area contributed by atoms with Crippen LogP contribution in [0.4, 0.5) is 0 Å². The normalized spacial score (nSPS) is 18.2. The second-order valence-corrected chi connectivity index (χ2v) is 4.67. The first-order chi connectivity index (χ1) is 7.56. The van der Waals surface area contributed by atoms with Crippen molar-refractivity contribution in [3.63, 3.8) is 0 Å². The van der Waals surface area contributed by atoms with Crippen molar-refractivity contribution in [3.05, 3.63) is 35.4 Å². The van der Waals surface area contributed by atoms with Crippen molar-refractivity contribution in [2.75, 3.05) is 14.1 Å². The van der Waals surface area contributed by atoms with Gasteiger partial charge in [-0.25, -0.2) is 4.79 Å². The van der Waals surface area contributed by atoms with Crippen LogP contribution in [0.25, 0.3) is 0 Å². The van der Waals surface area contributed by atoms with Crippen LogP contribution in [0, 0.1) is 0 Å². The third-order valence-corrected chi connectivity index (χ3v) is 3.68. The molecule has 1 aromatic rings. The fourth-order valence-corrected chi connectivity index (χ4v) is 2.45. The van der Waals surface area contributed by atoms with Crippen LogP contribution in [-0.4, -0.2) is 30.1 Å². The first-order valence-electron chi connectivity index (χ1n) is 5.57. The second-order valence-electron chi connectivity index (χ2n) is 4.67. The van der Waals surface area contributed by atoms with Crippen molar-refractivity contribution in [3.8, 4) is 0 Å². The van der Waals surface area contributed by atoms with Gasteiger partial charge in [-0.1, -0.05) is 12.1 Å². The van der Waals surface area contributed by atoms with Gasteiger partial charge in [0.25, 0.3) is 0 Å². The number of nitrogens with zero attached hydrogens (tertiary/aromatic N) is 1. The van der Waals surface area contributed by atoms with Gasteiger partial charge >= 0.3 is 5.97 Å². The SMILES string of the molecule is CN(C)C1(c2cccc(C(=O)O)c2)CCC1. The number of carboxylic acids is 1. The lowest BCUT2D eigenvalue weighted by atomic mass is 9.70. The number of carbonyl (C=O) groups is 1. The average Bonchev–Trinajstić information content (AvgIpc) is 2.15. The van der Waals surface area contributed by atoms with E-state index in [2.05, 4.69) is 19.0 Å². The number of hydrogen-bond acceptors (Lipinski definition) is 2. The van der Waals surface area contributed by atoms with Crippen molar-refractivity contribution in [2.24, 2.45) is 0 Å². The van der Waals surface area contributed by atoms with Gasteiger partial charge in [0.15, 0.2) is 0 Å². The van der Waals surface area contributed by atoms with E-state index in [1.54, 1.807) is 6.07 Å². The van der Waals surface area contributed by atoms with Crippen LogP contribution in [0.3, 0.4) is 0 Å². The van der Waals surface area contributed by atoms with Gasteiger partial charge in [-0.3, -0.25) is 4.90 Å². The van der Waals surface area contributed by atoms with Crippen LogP contribution < -0.4 is 0 Å². The maximum Gasteiger partial charge on any atom is 0.335 e. The van der Waals surface area contributed by atoms with E-state index >= 15 is 0 Å². The largest absolute Gasteiger partial charge is 0.478 e. The first-order valence-corrected chi connectivity index (χ1v) is 5.57. The lowest BCUT2D eigenvalue weighted by Gasteiger charge is -2.48. The Morgan fingerprint density at radius 2 is 2.06 bits per heavy atom. The van der Waals surface area contributed by atoms with Crippen molar-refractivity contribution in [1.29, 1.82) is 0 Å². The molecule has 1 N–H and O–H groups in total. The quantitative estimate of drug-likeness (QED) is 0.848. The summed E-state index contributed by atoms with van der Waals surface area (Å²) in [6, 6.07) is 7.32. The van der Waals surface area contributed by atoms with E-state index in [4.69, 9.17) is 5.11 Å². The molecule has 0 aliphatic heterocycles. The molecule has 2 rings (SSSR count). The molecule has 0 heterocycles. The molecule has 1 fully saturated rings. The molecule has 0 spiro atoms. The van der Waals surface area contributed by atoms with Gasteiger partial charge in [0, 0.05) is 5.54 Å². The number of aromatic carboxylic acids is 1. The van der Waals surface area contributed by atoms with Gasteiger partial charge < -0.3 is 5.11 Å². The topological polar surface area (TPSA) is 40.5 Å². The minimum Gasteiger partial charge on any atom is -0.478 e. The molecule has 86 valence electrons. The summed E-state index contributed by atoms with van der Waals surface area (Å²) in [6.45, 7) is 0. The highest BCUT2D eigenvalue weighted by molar-refractivity contribution is 5.87. The molecule has 1 aromatic carbocycles. The summed E-state index contributed by atoms with van der Waals surface area (Å²) in [5, 5.41) is 8.99. The van der Waals surface area contributed by atoms with Gasteiger partial charge in [0.1, 0.15) is 0 Å². The van der Waals surface area contributed by atoms with Crippen LogP contribution in [0.5, 0.6) is 0 Å². The molecule has 3 nitrogen and oxygen atoms in total. The predicted octanol–water partition coefficient (Wildman–Crippen LogP) is 2.33. The first kappa shape index (κ1) is 11.1. The molecular weight excluding hydrogens is 202 g/mol. The van der Waals surface area contributed by atoms with E-state index < -0.39 is 5.97 Å². The van der Waals surface area contributed by atoms with Gasteiger partial charge in [-0.05, 0) is 51.1 Å². The second kappa shape index (κ2) is 3.91. The Bertz CT molecular complexity index is 408. The predicted molar refractivity (Wildman–Crippen MR) is 62.6 cm³/mol. The van der Waals surface area contributed by atoms with Gasteiger partial charge in [-0.2, -0.15) is 0 Å². The third-order valence-electron chi connectivity index (χ3n) is 3.68. The van der Waals surface area contributed by atoms with Crippen molar-refractivity contribution < 1.29 is 9.90 Å². The van der Waals surface area contributed by atoms with Crippen molar-refractivity contribution in [1.82, 2.24) is 4.90 Å². The minimum atomic E-state index is -0.852. The van der Waals surface area contributed by atoms with E-state index in [0.29, 0.717) is 5.56 Å². The van der Waals surface area contributed by atoms with Crippen LogP contribution >= 0.6 is 0 Å². The lowest BCUT2D eigenvalue weighted by molar-refractivity contribution is 0.0572. The lowest BCUT2D eigenvalue weighted by Crippen LogP contribution is -2.47. The standard InChI is InChI=1S/C13H17NO2/c1-14(2)13(7-4-8-13)11-6-3-5-10(9-11)12(15)16/h3,5-6,9H,4,7-8H2,1-2H3,(H,15,16). The van der Waals surface area contributed by atoms with Crippen molar-refractivity contribution >= 4 is 5.97 Å². The number of benzene rings is 1. The number of rotatable bonds is 3. The minimum absolute atomic E-state index is 0.0610. The zero-order valence-electron chi connectivity index (χ0n) is 9.73. The molecule has 3 heteroatoms. The van der Waals surface area contributed by atoms with E-state index in [1.807, 2.05) is 18.2 Å². The molecular formula is C13H17NO2. The van der Waals surface area contributed by atoms with Gasteiger partial charge in [-0.15, -0.1) is 0 Å². The molecule has 1 aliphatic carbocycles.